The van der Waals surface area contributed by atoms with Crippen molar-refractivity contribution < 1.29 is 9.59 Å². The Morgan fingerprint density at radius 2 is 1.86 bits per heavy atom. The SMILES string of the molecule is Nc1nc2ccccn2c1C(=O)[C@H](Cc1ccccc1)NC(=O)c1ccc[nH]1. The van der Waals surface area contributed by atoms with Crippen LogP contribution in [0.3, 0.4) is 0 Å². The fraction of sp³-hybridized carbons (Fsp3) is 0.0952. The smallest absolute Gasteiger partial charge is 0.268 e. The molecule has 0 fully saturated rings. The number of carbonyl (C=O) groups excluding carboxylic acids is 2. The van der Waals surface area contributed by atoms with Crippen molar-refractivity contribution in [2.24, 2.45) is 0 Å². The van der Waals surface area contributed by atoms with E-state index < -0.39 is 6.04 Å². The molecule has 3 aromatic heterocycles. The average Bonchev–Trinajstić information content (AvgIpc) is 3.35. The lowest BCUT2D eigenvalue weighted by Crippen LogP contribution is -2.43. The number of nitrogen functional groups attached to an aromatic ring is 1. The largest absolute Gasteiger partial charge is 0.382 e. The Balaban J connectivity index is 1.70. The number of H-pyrrole nitrogens is 1. The Hall–Kier alpha value is -3.87. The number of ketones is 1. The fourth-order valence-electron chi connectivity index (χ4n) is 3.19. The third-order valence-corrected chi connectivity index (χ3v) is 4.54. The molecule has 1 aromatic carbocycles. The maximum atomic E-state index is 13.4. The highest BCUT2D eigenvalue weighted by molar-refractivity contribution is 6.06. The molecular weight excluding hydrogens is 354 g/mol. The van der Waals surface area contributed by atoms with E-state index in [1.807, 2.05) is 36.4 Å². The summed E-state index contributed by atoms with van der Waals surface area (Å²) in [5.74, 6) is -0.505. The lowest BCUT2D eigenvalue weighted by Gasteiger charge is -2.18. The normalized spacial score (nSPS) is 12.0. The molecule has 1 atom stereocenters. The maximum absolute atomic E-state index is 13.4. The number of aromatic amines is 1. The second-order valence-corrected chi connectivity index (χ2v) is 6.44. The molecule has 0 aliphatic rings. The van der Waals surface area contributed by atoms with Crippen molar-refractivity contribution in [2.45, 2.75) is 12.5 Å². The summed E-state index contributed by atoms with van der Waals surface area (Å²) in [6, 6.07) is 17.5. The highest BCUT2D eigenvalue weighted by Gasteiger charge is 2.28. The highest BCUT2D eigenvalue weighted by Crippen LogP contribution is 2.18. The predicted octanol–water partition coefficient (Wildman–Crippen LogP) is 2.47. The van der Waals surface area contributed by atoms with E-state index >= 15 is 0 Å². The van der Waals surface area contributed by atoms with Gasteiger partial charge >= 0.3 is 0 Å². The standard InChI is InChI=1S/C21H19N5O2/c22-20-18(26-12-5-4-10-17(26)25-20)19(27)16(13-14-7-2-1-3-8-14)24-21(28)15-9-6-11-23-15/h1-12,16,23H,13,22H2,(H,24,28)/t16-/m0/s1. The molecule has 28 heavy (non-hydrogen) atoms. The topological polar surface area (TPSA) is 105 Å². The molecule has 0 unspecified atom stereocenters. The monoisotopic (exact) mass is 373 g/mol. The van der Waals surface area contributed by atoms with Gasteiger partial charge in [-0.2, -0.15) is 0 Å². The molecule has 0 spiro atoms. The molecule has 4 aromatic rings. The zero-order chi connectivity index (χ0) is 19.5. The number of amides is 1. The van der Waals surface area contributed by atoms with Gasteiger partial charge in [-0.3, -0.25) is 14.0 Å². The molecule has 0 bridgehead atoms. The summed E-state index contributed by atoms with van der Waals surface area (Å²) in [5.41, 5.74) is 8.20. The zero-order valence-electron chi connectivity index (χ0n) is 15.0. The number of carbonyl (C=O) groups is 2. The maximum Gasteiger partial charge on any atom is 0.268 e. The van der Waals surface area contributed by atoms with E-state index in [2.05, 4.69) is 15.3 Å². The number of aromatic nitrogens is 3. The van der Waals surface area contributed by atoms with E-state index in [1.54, 1.807) is 41.1 Å². The van der Waals surface area contributed by atoms with E-state index in [4.69, 9.17) is 5.73 Å². The number of nitrogens with one attached hydrogen (secondary N) is 2. The Bertz CT molecular complexity index is 1120. The summed E-state index contributed by atoms with van der Waals surface area (Å²) < 4.78 is 1.65. The first-order valence-electron chi connectivity index (χ1n) is 8.88. The van der Waals surface area contributed by atoms with Gasteiger partial charge in [-0.25, -0.2) is 4.98 Å². The second kappa shape index (κ2) is 7.40. The van der Waals surface area contributed by atoms with Crippen molar-refractivity contribution >= 4 is 23.2 Å². The molecule has 4 rings (SSSR count). The quantitative estimate of drug-likeness (QED) is 0.452. The summed E-state index contributed by atoms with van der Waals surface area (Å²) in [6.45, 7) is 0. The summed E-state index contributed by atoms with van der Waals surface area (Å²) in [6.07, 6.45) is 3.73. The Kier molecular flexibility index (Phi) is 4.63. The van der Waals surface area contributed by atoms with Crippen molar-refractivity contribution in [3.05, 3.63) is 90.0 Å². The van der Waals surface area contributed by atoms with Gasteiger partial charge in [0.1, 0.15) is 17.0 Å². The number of nitrogens with zero attached hydrogens (tertiary/aromatic N) is 2. The molecule has 7 nitrogen and oxygen atoms in total. The minimum Gasteiger partial charge on any atom is -0.382 e. The molecule has 1 amide bonds. The lowest BCUT2D eigenvalue weighted by molar-refractivity contribution is 0.0852. The number of Topliss-reactive ketones (excluding diaryl/α,β-unsaturated/α-hetero) is 1. The number of hydrogen-bond acceptors (Lipinski definition) is 4. The van der Waals surface area contributed by atoms with Gasteiger partial charge in [0.25, 0.3) is 5.91 Å². The fourth-order valence-corrected chi connectivity index (χ4v) is 3.19. The number of nitrogens with two attached hydrogens (primary N) is 1. The molecule has 0 aliphatic carbocycles. The van der Waals surface area contributed by atoms with Crippen LogP contribution in [0.4, 0.5) is 5.82 Å². The molecule has 3 heterocycles. The third-order valence-electron chi connectivity index (χ3n) is 4.54. The van der Waals surface area contributed by atoms with Crippen molar-refractivity contribution in [3.8, 4) is 0 Å². The van der Waals surface area contributed by atoms with Crippen LogP contribution in [0.25, 0.3) is 5.65 Å². The van der Waals surface area contributed by atoms with Gasteiger partial charge < -0.3 is 16.0 Å². The predicted molar refractivity (Wildman–Crippen MR) is 106 cm³/mol. The van der Waals surface area contributed by atoms with Crippen LogP contribution in [0.1, 0.15) is 26.5 Å². The van der Waals surface area contributed by atoms with Crippen molar-refractivity contribution in [2.75, 3.05) is 5.73 Å². The van der Waals surface area contributed by atoms with Crippen LogP contribution in [-0.4, -0.2) is 32.1 Å². The van der Waals surface area contributed by atoms with Crippen LogP contribution in [0.15, 0.2) is 73.1 Å². The summed E-state index contributed by atoms with van der Waals surface area (Å²) in [7, 11) is 0. The van der Waals surface area contributed by atoms with E-state index in [1.165, 1.54) is 0 Å². The van der Waals surface area contributed by atoms with E-state index in [0.717, 1.165) is 5.56 Å². The number of benzene rings is 1. The van der Waals surface area contributed by atoms with Crippen LogP contribution in [0.5, 0.6) is 0 Å². The molecular formula is C21H19N5O2. The first-order valence-corrected chi connectivity index (χ1v) is 8.88. The summed E-state index contributed by atoms with van der Waals surface area (Å²) in [4.78, 5) is 33.1. The lowest BCUT2D eigenvalue weighted by atomic mass is 10.00. The number of imidazole rings is 1. The molecule has 0 saturated heterocycles. The van der Waals surface area contributed by atoms with Gasteiger partial charge in [0.2, 0.25) is 5.78 Å². The highest BCUT2D eigenvalue weighted by atomic mass is 16.2. The average molecular weight is 373 g/mol. The number of anilines is 1. The first kappa shape index (κ1) is 17.5. The minimum atomic E-state index is -0.791. The van der Waals surface area contributed by atoms with Crippen LogP contribution in [-0.2, 0) is 6.42 Å². The van der Waals surface area contributed by atoms with Crippen LogP contribution in [0.2, 0.25) is 0 Å². The van der Waals surface area contributed by atoms with Gasteiger partial charge in [-0.1, -0.05) is 36.4 Å². The summed E-state index contributed by atoms with van der Waals surface area (Å²) in [5, 5.41) is 2.83. The Morgan fingerprint density at radius 1 is 1.07 bits per heavy atom. The second-order valence-electron chi connectivity index (χ2n) is 6.44. The van der Waals surface area contributed by atoms with Gasteiger partial charge in [0, 0.05) is 18.8 Å². The molecule has 140 valence electrons. The van der Waals surface area contributed by atoms with Crippen LogP contribution < -0.4 is 11.1 Å². The third kappa shape index (κ3) is 3.37. The van der Waals surface area contributed by atoms with Gasteiger partial charge in [-0.05, 0) is 29.8 Å². The molecule has 0 saturated carbocycles. The van der Waals surface area contributed by atoms with E-state index in [-0.39, 0.29) is 23.2 Å². The first-order chi connectivity index (χ1) is 13.6. The van der Waals surface area contributed by atoms with Crippen LogP contribution in [0, 0.1) is 0 Å². The number of fused-ring (bicyclic) bond motifs is 1. The Morgan fingerprint density at radius 3 is 2.61 bits per heavy atom. The zero-order valence-corrected chi connectivity index (χ0v) is 15.0. The molecule has 7 heteroatoms. The van der Waals surface area contributed by atoms with E-state index in [0.29, 0.717) is 17.8 Å². The molecule has 4 N–H and O–H groups in total. The molecule has 0 aliphatic heterocycles. The van der Waals surface area contributed by atoms with Crippen molar-refractivity contribution in [3.63, 3.8) is 0 Å². The van der Waals surface area contributed by atoms with Crippen molar-refractivity contribution in [1.82, 2.24) is 19.7 Å². The number of hydrogen-bond donors (Lipinski definition) is 3. The Labute approximate surface area is 161 Å². The van der Waals surface area contributed by atoms with Gasteiger partial charge in [0.15, 0.2) is 5.82 Å². The van der Waals surface area contributed by atoms with Gasteiger partial charge in [0.05, 0.1) is 6.04 Å². The van der Waals surface area contributed by atoms with Crippen LogP contribution >= 0.6 is 0 Å². The van der Waals surface area contributed by atoms with Crippen molar-refractivity contribution in [1.29, 1.82) is 0 Å². The van der Waals surface area contributed by atoms with Gasteiger partial charge in [-0.15, -0.1) is 0 Å². The number of rotatable bonds is 6. The summed E-state index contributed by atoms with van der Waals surface area (Å²) >= 11 is 0. The van der Waals surface area contributed by atoms with E-state index in [9.17, 15) is 9.59 Å². The minimum absolute atomic E-state index is 0.142. The molecule has 0 radical (unpaired) electrons. The number of pyridine rings is 1.